The summed E-state index contributed by atoms with van der Waals surface area (Å²) in [5.41, 5.74) is 0. The summed E-state index contributed by atoms with van der Waals surface area (Å²) >= 11 is 0. The van der Waals surface area contributed by atoms with Crippen LogP contribution in [0.15, 0.2) is 0 Å². The van der Waals surface area contributed by atoms with E-state index >= 15 is 0 Å². The van der Waals surface area contributed by atoms with Crippen LogP contribution >= 0.6 is 86.8 Å². The first-order valence-corrected chi connectivity index (χ1v) is 0. The Morgan fingerprint density at radius 2 is 0.273 bits per heavy atom. The van der Waals surface area contributed by atoms with Gasteiger partial charge in [0.15, 0.2) is 0 Å². The molecular weight excluding hydrogens is 405 g/mol. The molecule has 0 nitrogen and oxygen atoms in total. The number of hydrogen-bond acceptors (Lipinski definition) is 0. The third-order valence-corrected chi connectivity index (χ3v) is 0. The van der Waals surface area contributed by atoms with Crippen LogP contribution in [-0.2, 0) is 0 Å². The fourth-order valence-corrected chi connectivity index (χ4v) is 0. The fraction of sp³-hybridized carbons (Fsp3) is 0. The zero-order valence-corrected chi connectivity index (χ0v) is 25.1. The van der Waals surface area contributed by atoms with Gasteiger partial charge in [-0.3, -0.25) is 0 Å². The van der Waals surface area contributed by atoms with Crippen LogP contribution in [0, 0.1) is 0 Å². The van der Waals surface area contributed by atoms with Gasteiger partial charge >= 0.3 is 206 Å². The van der Waals surface area contributed by atoms with Crippen molar-refractivity contribution in [3.05, 3.63) is 0 Å². The molecular formula is H11Cl7K4. The van der Waals surface area contributed by atoms with Crippen LogP contribution in [0.4, 0.5) is 0 Å². The Hall–Kier alpha value is 8.58. The third-order valence-electron chi connectivity index (χ3n) is 0. The van der Waals surface area contributed by atoms with E-state index in [1.165, 1.54) is 0 Å². The first kappa shape index (κ1) is 91.8. The molecule has 0 heterocycles. The average molecular weight is 416 g/mol. The molecule has 0 aromatic heterocycles. The van der Waals surface area contributed by atoms with E-state index in [-0.39, 0.29) is 298 Å². The summed E-state index contributed by atoms with van der Waals surface area (Å²) in [4.78, 5) is 0. The normalized spacial score (nSPS) is 0. The van der Waals surface area contributed by atoms with Crippen molar-refractivity contribution in [2.75, 3.05) is 0 Å². The van der Waals surface area contributed by atoms with Gasteiger partial charge in [0.05, 0.1) is 0 Å². The van der Waals surface area contributed by atoms with Crippen molar-refractivity contribution in [3.63, 3.8) is 0 Å². The molecule has 0 rings (SSSR count). The standard InChI is InChI=1S/7ClH.4K.4H/h7*1H;;;;;;;;/q;;;;;;;4*+1;4*-1. The van der Waals surface area contributed by atoms with Gasteiger partial charge in [0, 0.05) is 0 Å². The Balaban J connectivity index is 0. The van der Waals surface area contributed by atoms with Crippen LogP contribution in [-0.4, -0.2) is 0 Å². The average Bonchev–Trinajstić information content (AvgIpc) is 0. The van der Waals surface area contributed by atoms with Gasteiger partial charge in [0.1, 0.15) is 0 Å². The van der Waals surface area contributed by atoms with Crippen LogP contribution in [0.2, 0.25) is 0 Å². The summed E-state index contributed by atoms with van der Waals surface area (Å²) in [6.07, 6.45) is 0. The van der Waals surface area contributed by atoms with E-state index in [0.717, 1.165) is 0 Å². The molecule has 0 bridgehead atoms. The van der Waals surface area contributed by atoms with Gasteiger partial charge in [0.2, 0.25) is 0 Å². The molecule has 11 heteroatoms. The Morgan fingerprint density at radius 1 is 0.273 bits per heavy atom. The van der Waals surface area contributed by atoms with Crippen molar-refractivity contribution >= 4 is 86.8 Å². The van der Waals surface area contributed by atoms with Crippen LogP contribution in [0.25, 0.3) is 0 Å². The molecule has 0 aromatic rings. The Morgan fingerprint density at radius 3 is 0.273 bits per heavy atom. The summed E-state index contributed by atoms with van der Waals surface area (Å²) in [5, 5.41) is 0. The molecule has 0 aliphatic rings. The minimum Gasteiger partial charge on any atom is -1.00 e. The zero-order chi connectivity index (χ0) is 0. The van der Waals surface area contributed by atoms with E-state index in [1.807, 2.05) is 0 Å². The van der Waals surface area contributed by atoms with Crippen molar-refractivity contribution in [2.24, 2.45) is 0 Å². The van der Waals surface area contributed by atoms with Gasteiger partial charge < -0.3 is 5.71 Å². The summed E-state index contributed by atoms with van der Waals surface area (Å²) in [6, 6.07) is 0. The molecule has 0 fully saturated rings. The first-order valence-electron chi connectivity index (χ1n) is 0. The Labute approximate surface area is 288 Å². The van der Waals surface area contributed by atoms with E-state index in [0.29, 0.717) is 0 Å². The quantitative estimate of drug-likeness (QED) is 0.345. The molecule has 0 saturated carbocycles. The van der Waals surface area contributed by atoms with Crippen molar-refractivity contribution in [2.45, 2.75) is 0 Å². The Bertz CT molecular complexity index is 23.0. The van der Waals surface area contributed by atoms with Crippen LogP contribution in [0.5, 0.6) is 0 Å². The number of rotatable bonds is 0. The predicted molar refractivity (Wildman–Crippen MR) is 55.2 cm³/mol. The molecule has 0 spiro atoms. The van der Waals surface area contributed by atoms with Crippen molar-refractivity contribution in [3.8, 4) is 0 Å². The molecule has 11 heavy (non-hydrogen) atoms. The van der Waals surface area contributed by atoms with Crippen LogP contribution < -0.4 is 206 Å². The molecule has 0 amide bonds. The third kappa shape index (κ3) is 69.4. The van der Waals surface area contributed by atoms with Crippen LogP contribution in [0.3, 0.4) is 0 Å². The maximum atomic E-state index is 0. The minimum atomic E-state index is 0. The molecule has 0 N–H and O–H groups in total. The maximum Gasteiger partial charge on any atom is 1.00 e. The second kappa shape index (κ2) is 78.0. The Kier molecular flexibility index (Phi) is 652. The van der Waals surface area contributed by atoms with Gasteiger partial charge in [-0.2, -0.15) is 0 Å². The minimum absolute atomic E-state index is 0. The van der Waals surface area contributed by atoms with E-state index in [2.05, 4.69) is 0 Å². The summed E-state index contributed by atoms with van der Waals surface area (Å²) in [6.45, 7) is 0. The first-order chi connectivity index (χ1) is 0. The van der Waals surface area contributed by atoms with E-state index in [1.54, 1.807) is 0 Å². The molecule has 0 atom stereocenters. The van der Waals surface area contributed by atoms with Gasteiger partial charge in [-0.1, -0.05) is 0 Å². The van der Waals surface area contributed by atoms with Crippen molar-refractivity contribution in [1.82, 2.24) is 0 Å². The van der Waals surface area contributed by atoms with Gasteiger partial charge in [0.25, 0.3) is 0 Å². The topological polar surface area (TPSA) is 0 Å². The molecule has 0 radical (unpaired) electrons. The fourth-order valence-electron chi connectivity index (χ4n) is 0. The van der Waals surface area contributed by atoms with E-state index in [9.17, 15) is 0 Å². The van der Waals surface area contributed by atoms with Crippen molar-refractivity contribution in [1.29, 1.82) is 0 Å². The molecule has 0 aliphatic heterocycles. The number of hydrogen-bond donors (Lipinski definition) is 0. The molecule has 64 valence electrons. The van der Waals surface area contributed by atoms with E-state index < -0.39 is 0 Å². The monoisotopic (exact) mass is 412 g/mol. The molecule has 0 unspecified atom stereocenters. The smallest absolute Gasteiger partial charge is 1.00 e. The number of halogens is 7. The summed E-state index contributed by atoms with van der Waals surface area (Å²) < 4.78 is 0. The maximum absolute atomic E-state index is 0. The predicted octanol–water partition coefficient (Wildman–Crippen LogP) is -8.58. The largest absolute Gasteiger partial charge is 1.00 e. The second-order valence-electron chi connectivity index (χ2n) is 0. The SMILES string of the molecule is Cl.Cl.Cl.Cl.Cl.Cl.Cl.[H-].[H-].[H-].[H-].[K+].[K+].[K+].[K+]. The van der Waals surface area contributed by atoms with Crippen LogP contribution in [0.1, 0.15) is 5.71 Å². The van der Waals surface area contributed by atoms with Gasteiger partial charge in [-0.25, -0.2) is 0 Å². The molecule has 0 aliphatic carbocycles. The summed E-state index contributed by atoms with van der Waals surface area (Å²) in [7, 11) is 0. The van der Waals surface area contributed by atoms with Gasteiger partial charge in [-0.15, -0.1) is 86.8 Å². The molecule has 0 saturated heterocycles. The molecule has 0 aromatic carbocycles. The second-order valence-corrected chi connectivity index (χ2v) is 0. The summed E-state index contributed by atoms with van der Waals surface area (Å²) in [5.74, 6) is 0. The van der Waals surface area contributed by atoms with Gasteiger partial charge in [-0.05, 0) is 0 Å². The van der Waals surface area contributed by atoms with E-state index in [4.69, 9.17) is 0 Å². The van der Waals surface area contributed by atoms with Crippen molar-refractivity contribution < 1.29 is 211 Å². The zero-order valence-electron chi connectivity index (χ0n) is 10.9.